The molecule has 0 bridgehead atoms. The van der Waals surface area contributed by atoms with Crippen molar-refractivity contribution in [3.63, 3.8) is 0 Å². The maximum absolute atomic E-state index is 12.1. The number of rotatable bonds is 8. The van der Waals surface area contributed by atoms with Gasteiger partial charge in [-0.2, -0.15) is 0 Å². The molecule has 1 amide bonds. The number of nitrogens with one attached hydrogen (secondary N) is 3. The average Bonchev–Trinajstić information content (AvgIpc) is 2.73. The van der Waals surface area contributed by atoms with E-state index in [0.29, 0.717) is 12.5 Å². The molecule has 1 aromatic carbocycles. The van der Waals surface area contributed by atoms with Gasteiger partial charge in [-0.3, -0.25) is 14.7 Å². The first kappa shape index (κ1) is 22.0. The second kappa shape index (κ2) is 10.9. The van der Waals surface area contributed by atoms with Gasteiger partial charge in [0.05, 0.1) is 26.9 Å². The molecule has 8 heteroatoms. The van der Waals surface area contributed by atoms with Crippen LogP contribution in [0.25, 0.3) is 0 Å². The molecule has 0 atom stereocenters. The Balaban J connectivity index is 1.71. The second-order valence-electron chi connectivity index (χ2n) is 7.32. The molecule has 1 aromatic rings. The average molecular weight is 392 g/mol. The number of amides is 1. The second-order valence-corrected chi connectivity index (χ2v) is 7.32. The summed E-state index contributed by atoms with van der Waals surface area (Å²) < 4.78 is 10.6. The Hall–Kier alpha value is -2.32. The van der Waals surface area contributed by atoms with Crippen molar-refractivity contribution in [2.45, 2.75) is 25.9 Å². The minimum absolute atomic E-state index is 0.0297. The van der Waals surface area contributed by atoms with E-state index < -0.39 is 0 Å². The Labute approximate surface area is 167 Å². The number of nitrogens with zero attached hydrogens (tertiary/aromatic N) is 2. The summed E-state index contributed by atoms with van der Waals surface area (Å²) in [5, 5.41) is 9.27. The molecule has 28 heavy (non-hydrogen) atoms. The molecule has 2 rings (SSSR count). The lowest BCUT2D eigenvalue weighted by molar-refractivity contribution is -0.120. The van der Waals surface area contributed by atoms with Crippen LogP contribution in [0.15, 0.2) is 29.3 Å². The van der Waals surface area contributed by atoms with E-state index in [1.165, 1.54) is 0 Å². The van der Waals surface area contributed by atoms with Crippen LogP contribution in [-0.2, 0) is 16.1 Å². The van der Waals surface area contributed by atoms with E-state index in [4.69, 9.17) is 9.47 Å². The quantitative estimate of drug-likeness (QED) is 0.444. The smallest absolute Gasteiger partial charge is 0.239 e. The van der Waals surface area contributed by atoms with Gasteiger partial charge in [0.25, 0.3) is 0 Å². The van der Waals surface area contributed by atoms with Crippen molar-refractivity contribution in [2.24, 2.45) is 4.99 Å². The number of hydrogen-bond donors (Lipinski definition) is 3. The fourth-order valence-electron chi connectivity index (χ4n) is 2.97. The van der Waals surface area contributed by atoms with Gasteiger partial charge >= 0.3 is 0 Å². The van der Waals surface area contributed by atoms with Gasteiger partial charge in [0.2, 0.25) is 5.91 Å². The number of benzene rings is 1. The van der Waals surface area contributed by atoms with Crippen molar-refractivity contribution in [2.75, 3.05) is 53.6 Å². The fraction of sp³-hybridized carbons (Fsp3) is 0.600. The normalized spacial score (nSPS) is 15.8. The Morgan fingerprint density at radius 2 is 1.86 bits per heavy atom. The lowest BCUT2D eigenvalue weighted by Gasteiger charge is -2.41. The van der Waals surface area contributed by atoms with E-state index in [9.17, 15) is 4.79 Å². The van der Waals surface area contributed by atoms with Crippen LogP contribution in [0.3, 0.4) is 0 Å². The Morgan fingerprint density at radius 1 is 1.18 bits per heavy atom. The molecule has 0 aromatic heterocycles. The molecule has 8 nitrogen and oxygen atoms in total. The van der Waals surface area contributed by atoms with E-state index in [1.54, 1.807) is 14.2 Å². The molecule has 1 heterocycles. The van der Waals surface area contributed by atoms with Crippen molar-refractivity contribution < 1.29 is 14.3 Å². The van der Waals surface area contributed by atoms with Crippen LogP contribution in [0.4, 0.5) is 0 Å². The first-order chi connectivity index (χ1) is 13.4. The third-order valence-electron chi connectivity index (χ3n) is 4.84. The summed E-state index contributed by atoms with van der Waals surface area (Å²) in [7, 11) is 3.33. The largest absolute Gasteiger partial charge is 0.497 e. The monoisotopic (exact) mass is 391 g/mol. The lowest BCUT2D eigenvalue weighted by Crippen LogP contribution is -2.56. The number of methoxy groups -OCH3 is 1. The van der Waals surface area contributed by atoms with Crippen LogP contribution in [0, 0.1) is 0 Å². The number of guanidine groups is 1. The molecule has 1 fully saturated rings. The van der Waals surface area contributed by atoms with Crippen LogP contribution in [0.2, 0.25) is 0 Å². The number of hydrogen-bond acceptors (Lipinski definition) is 5. The van der Waals surface area contributed by atoms with Crippen LogP contribution >= 0.6 is 0 Å². The minimum atomic E-state index is -0.0915. The van der Waals surface area contributed by atoms with Crippen LogP contribution in [0.1, 0.15) is 19.4 Å². The van der Waals surface area contributed by atoms with Crippen molar-refractivity contribution >= 4 is 11.9 Å². The number of morpholine rings is 1. The molecule has 0 unspecified atom stereocenters. The number of carbonyl (C=O) groups is 1. The molecule has 156 valence electrons. The molecule has 1 saturated heterocycles. The van der Waals surface area contributed by atoms with Crippen molar-refractivity contribution in [1.82, 2.24) is 20.9 Å². The summed E-state index contributed by atoms with van der Waals surface area (Å²) in [5.41, 5.74) is 0.988. The Morgan fingerprint density at radius 3 is 2.46 bits per heavy atom. The number of ether oxygens (including phenoxy) is 2. The zero-order valence-electron chi connectivity index (χ0n) is 17.4. The summed E-state index contributed by atoms with van der Waals surface area (Å²) in [5.74, 6) is 1.32. The summed E-state index contributed by atoms with van der Waals surface area (Å²) in [6.45, 7) is 9.13. The SMILES string of the molecule is CN=C(NCC(=O)NCc1ccc(OC)cc1)NCC(C)(C)N1CCOCC1. The first-order valence-electron chi connectivity index (χ1n) is 9.61. The van der Waals surface area contributed by atoms with Gasteiger partial charge in [-0.15, -0.1) is 0 Å². The highest BCUT2D eigenvalue weighted by Gasteiger charge is 2.28. The highest BCUT2D eigenvalue weighted by Crippen LogP contribution is 2.15. The van der Waals surface area contributed by atoms with Gasteiger partial charge in [-0.25, -0.2) is 0 Å². The fourth-order valence-corrected chi connectivity index (χ4v) is 2.97. The maximum atomic E-state index is 12.1. The highest BCUT2D eigenvalue weighted by molar-refractivity contribution is 5.86. The zero-order chi connectivity index (χ0) is 20.4. The highest BCUT2D eigenvalue weighted by atomic mass is 16.5. The zero-order valence-corrected chi connectivity index (χ0v) is 17.4. The third-order valence-corrected chi connectivity index (χ3v) is 4.84. The summed E-state index contributed by atoms with van der Waals surface area (Å²) in [6, 6.07) is 7.62. The van der Waals surface area contributed by atoms with Gasteiger partial charge in [0.1, 0.15) is 5.75 Å². The van der Waals surface area contributed by atoms with Crippen molar-refractivity contribution in [1.29, 1.82) is 0 Å². The molecular formula is C20H33N5O3. The summed E-state index contributed by atoms with van der Waals surface area (Å²) in [6.07, 6.45) is 0. The molecule has 0 saturated carbocycles. The number of carbonyl (C=O) groups excluding carboxylic acids is 1. The van der Waals surface area contributed by atoms with E-state index in [2.05, 4.69) is 39.7 Å². The van der Waals surface area contributed by atoms with Gasteiger partial charge in [-0.1, -0.05) is 12.1 Å². The predicted molar refractivity (Wildman–Crippen MR) is 111 cm³/mol. The molecule has 1 aliphatic heterocycles. The van der Waals surface area contributed by atoms with Crippen LogP contribution in [0.5, 0.6) is 5.75 Å². The summed E-state index contributed by atoms with van der Waals surface area (Å²) in [4.78, 5) is 18.7. The minimum Gasteiger partial charge on any atom is -0.497 e. The van der Waals surface area contributed by atoms with E-state index in [-0.39, 0.29) is 18.0 Å². The number of aliphatic imine (C=N–C) groups is 1. The predicted octanol–water partition coefficient (Wildman–Crippen LogP) is 0.587. The molecule has 0 aliphatic carbocycles. The van der Waals surface area contributed by atoms with Gasteiger partial charge in [-0.05, 0) is 31.5 Å². The van der Waals surface area contributed by atoms with Crippen LogP contribution < -0.4 is 20.7 Å². The van der Waals surface area contributed by atoms with E-state index in [0.717, 1.165) is 44.2 Å². The lowest BCUT2D eigenvalue weighted by atomic mass is 10.0. The molecule has 3 N–H and O–H groups in total. The Kier molecular flexibility index (Phi) is 8.53. The van der Waals surface area contributed by atoms with E-state index in [1.807, 2.05) is 24.3 Å². The van der Waals surface area contributed by atoms with Crippen molar-refractivity contribution in [3.05, 3.63) is 29.8 Å². The topological polar surface area (TPSA) is 87.2 Å². The van der Waals surface area contributed by atoms with Gasteiger partial charge in [0.15, 0.2) is 5.96 Å². The standard InChI is InChI=1S/C20H33N5O3/c1-20(2,25-9-11-28-12-10-25)15-24-19(21-3)23-14-18(26)22-13-16-5-7-17(27-4)8-6-16/h5-8H,9-15H2,1-4H3,(H,22,26)(H2,21,23,24). The maximum Gasteiger partial charge on any atom is 0.239 e. The molecule has 0 spiro atoms. The van der Waals surface area contributed by atoms with Gasteiger partial charge in [0, 0.05) is 38.8 Å². The molecule has 1 aliphatic rings. The Bertz CT molecular complexity index is 640. The molecular weight excluding hydrogens is 358 g/mol. The van der Waals surface area contributed by atoms with Crippen LogP contribution in [-0.4, -0.2) is 75.9 Å². The first-order valence-corrected chi connectivity index (χ1v) is 9.61. The molecule has 0 radical (unpaired) electrons. The van der Waals surface area contributed by atoms with Crippen molar-refractivity contribution in [3.8, 4) is 5.75 Å². The van der Waals surface area contributed by atoms with Gasteiger partial charge < -0.3 is 25.4 Å². The third kappa shape index (κ3) is 7.01. The van der Waals surface area contributed by atoms with E-state index >= 15 is 0 Å². The summed E-state index contributed by atoms with van der Waals surface area (Å²) >= 11 is 0.